The fraction of sp³-hybridized carbons (Fsp3) is 0.0870. The molecule has 4 heteroatoms. The normalized spacial score (nSPS) is 12.6. The molecule has 2 aromatic carbocycles. The minimum Gasteiger partial charge on any atom is -0.366 e. The van der Waals surface area contributed by atoms with Gasteiger partial charge in [-0.3, -0.25) is 4.79 Å². The molecule has 3 rings (SSSR count). The Morgan fingerprint density at radius 3 is 2.37 bits per heavy atom. The van der Waals surface area contributed by atoms with Gasteiger partial charge in [0.2, 0.25) is 5.91 Å². The number of hydrogen-bond acceptors (Lipinski definition) is 2. The Morgan fingerprint density at radius 1 is 1.11 bits per heavy atom. The summed E-state index contributed by atoms with van der Waals surface area (Å²) >= 11 is 0. The van der Waals surface area contributed by atoms with Crippen LogP contribution >= 0.6 is 0 Å². The Kier molecular flexibility index (Phi) is 5.27. The molecular weight excluding hydrogens is 334 g/mol. The van der Waals surface area contributed by atoms with Gasteiger partial charge >= 0.3 is 0 Å². The van der Waals surface area contributed by atoms with Crippen LogP contribution in [0.3, 0.4) is 0 Å². The summed E-state index contributed by atoms with van der Waals surface area (Å²) in [5, 5.41) is 5.58. The van der Waals surface area contributed by atoms with E-state index in [1.807, 2.05) is 43.3 Å². The summed E-state index contributed by atoms with van der Waals surface area (Å²) < 4.78 is 2.16. The second-order valence-electron chi connectivity index (χ2n) is 6.35. The van der Waals surface area contributed by atoms with E-state index in [4.69, 9.17) is 5.73 Å². The fourth-order valence-corrected chi connectivity index (χ4v) is 3.12. The lowest BCUT2D eigenvalue weighted by Crippen LogP contribution is -2.30. The number of aromatic nitrogens is 1. The number of nitrogens with two attached hydrogens (primary N) is 1. The Labute approximate surface area is 159 Å². The van der Waals surface area contributed by atoms with E-state index in [1.165, 1.54) is 0 Å². The Balaban J connectivity index is 2.09. The average molecular weight is 357 g/mol. The van der Waals surface area contributed by atoms with Crippen molar-refractivity contribution >= 4 is 23.4 Å². The zero-order valence-corrected chi connectivity index (χ0v) is 15.6. The van der Waals surface area contributed by atoms with Gasteiger partial charge in [0.05, 0.1) is 0 Å². The highest BCUT2D eigenvalue weighted by Gasteiger charge is 2.07. The highest BCUT2D eigenvalue weighted by molar-refractivity contribution is 5.93. The van der Waals surface area contributed by atoms with Crippen LogP contribution in [0.5, 0.6) is 0 Å². The van der Waals surface area contributed by atoms with Crippen molar-refractivity contribution < 1.29 is 4.79 Å². The molecule has 4 nitrogen and oxygen atoms in total. The van der Waals surface area contributed by atoms with Gasteiger partial charge in [-0.05, 0) is 48.9 Å². The summed E-state index contributed by atoms with van der Waals surface area (Å²) in [5.74, 6) is -0.430. The zero-order chi connectivity index (χ0) is 19.4. The third-order valence-corrected chi connectivity index (χ3v) is 4.53. The molecule has 0 aliphatic carbocycles. The van der Waals surface area contributed by atoms with Crippen LogP contribution in [0.1, 0.15) is 17.3 Å². The lowest BCUT2D eigenvalue weighted by Gasteiger charge is -2.06. The summed E-state index contributed by atoms with van der Waals surface area (Å²) in [4.78, 5) is 11.2. The molecule has 0 bridgehead atoms. The van der Waals surface area contributed by atoms with Gasteiger partial charge < -0.3 is 15.6 Å². The van der Waals surface area contributed by atoms with Crippen molar-refractivity contribution in [1.82, 2.24) is 4.57 Å². The predicted octanol–water partition coefficient (Wildman–Crippen LogP) is 3.00. The summed E-state index contributed by atoms with van der Waals surface area (Å²) in [6.07, 6.45) is 3.80. The van der Waals surface area contributed by atoms with Gasteiger partial charge in [-0.15, -0.1) is 0 Å². The van der Waals surface area contributed by atoms with E-state index >= 15 is 0 Å². The molecule has 1 heterocycles. The maximum atomic E-state index is 11.2. The fourth-order valence-electron chi connectivity index (χ4n) is 3.12. The van der Waals surface area contributed by atoms with E-state index in [0.717, 1.165) is 33.2 Å². The van der Waals surface area contributed by atoms with Gasteiger partial charge in [0.15, 0.2) is 0 Å². The van der Waals surface area contributed by atoms with Crippen LogP contribution in [0.15, 0.2) is 73.3 Å². The number of primary amides is 1. The van der Waals surface area contributed by atoms with Crippen molar-refractivity contribution in [2.45, 2.75) is 6.92 Å². The van der Waals surface area contributed by atoms with Crippen LogP contribution in [-0.2, 0) is 7.05 Å². The first-order valence-corrected chi connectivity index (χ1v) is 8.73. The SMILES string of the molecule is C=C/C=c1\c(=C(/C)Nc2ccc(C(N)=O)cc2)cc(-c2ccccc2)n1C. The first-order valence-electron chi connectivity index (χ1n) is 8.73. The molecule has 0 unspecified atom stereocenters. The van der Waals surface area contributed by atoms with E-state index in [0.29, 0.717) is 5.56 Å². The van der Waals surface area contributed by atoms with Crippen LogP contribution in [-0.4, -0.2) is 10.5 Å². The molecule has 0 atom stereocenters. The van der Waals surface area contributed by atoms with Gasteiger partial charge in [0, 0.05) is 40.3 Å². The Morgan fingerprint density at radius 2 is 1.78 bits per heavy atom. The molecule has 0 aliphatic heterocycles. The van der Waals surface area contributed by atoms with E-state index in [-0.39, 0.29) is 0 Å². The third kappa shape index (κ3) is 3.85. The molecule has 0 saturated carbocycles. The van der Waals surface area contributed by atoms with Crippen LogP contribution < -0.4 is 21.6 Å². The monoisotopic (exact) mass is 357 g/mol. The second kappa shape index (κ2) is 7.79. The van der Waals surface area contributed by atoms with Gasteiger partial charge in [0.1, 0.15) is 0 Å². The number of nitrogens with zero attached hydrogens (tertiary/aromatic N) is 1. The van der Waals surface area contributed by atoms with Crippen molar-refractivity contribution in [3.8, 4) is 11.3 Å². The quantitative estimate of drug-likeness (QED) is 0.737. The summed E-state index contributed by atoms with van der Waals surface area (Å²) in [7, 11) is 2.05. The van der Waals surface area contributed by atoms with E-state index < -0.39 is 5.91 Å². The molecule has 3 N–H and O–H groups in total. The van der Waals surface area contributed by atoms with E-state index in [9.17, 15) is 4.79 Å². The maximum Gasteiger partial charge on any atom is 0.248 e. The number of allylic oxidation sites excluding steroid dienone is 1. The number of carbonyl (C=O) groups excluding carboxylic acids is 1. The van der Waals surface area contributed by atoms with Gasteiger partial charge in [0.25, 0.3) is 0 Å². The smallest absolute Gasteiger partial charge is 0.248 e. The van der Waals surface area contributed by atoms with Crippen LogP contribution in [0.25, 0.3) is 23.0 Å². The van der Waals surface area contributed by atoms with E-state index in [1.54, 1.807) is 18.2 Å². The van der Waals surface area contributed by atoms with Crippen LogP contribution in [0.2, 0.25) is 0 Å². The number of hydrogen-bond donors (Lipinski definition) is 2. The zero-order valence-electron chi connectivity index (χ0n) is 15.6. The van der Waals surface area contributed by atoms with Gasteiger partial charge in [-0.25, -0.2) is 0 Å². The largest absolute Gasteiger partial charge is 0.366 e. The van der Waals surface area contributed by atoms with Crippen molar-refractivity contribution in [2.24, 2.45) is 12.8 Å². The van der Waals surface area contributed by atoms with Crippen LogP contribution in [0, 0.1) is 0 Å². The molecule has 0 radical (unpaired) electrons. The number of carbonyl (C=O) groups is 1. The minimum absolute atomic E-state index is 0.430. The highest BCUT2D eigenvalue weighted by Crippen LogP contribution is 2.16. The summed E-state index contributed by atoms with van der Waals surface area (Å²) in [6.45, 7) is 5.88. The highest BCUT2D eigenvalue weighted by atomic mass is 16.1. The molecule has 0 spiro atoms. The molecule has 0 aliphatic rings. The first kappa shape index (κ1) is 18.3. The molecule has 136 valence electrons. The van der Waals surface area contributed by atoms with Gasteiger partial charge in [-0.2, -0.15) is 0 Å². The predicted molar refractivity (Wildman–Crippen MR) is 112 cm³/mol. The number of rotatable bonds is 5. The molecule has 27 heavy (non-hydrogen) atoms. The number of amides is 1. The van der Waals surface area contributed by atoms with Gasteiger partial charge in [-0.1, -0.05) is 43.0 Å². The Bertz CT molecular complexity index is 1090. The van der Waals surface area contributed by atoms with Crippen molar-refractivity contribution in [2.75, 3.05) is 5.32 Å². The molecule has 1 amide bonds. The second-order valence-corrected chi connectivity index (χ2v) is 6.35. The summed E-state index contributed by atoms with van der Waals surface area (Å²) in [6, 6.07) is 19.6. The number of anilines is 1. The average Bonchev–Trinajstić information content (AvgIpc) is 3.00. The Hall–Kier alpha value is -3.53. The topological polar surface area (TPSA) is 60.0 Å². The van der Waals surface area contributed by atoms with Crippen molar-refractivity contribution in [3.63, 3.8) is 0 Å². The lowest BCUT2D eigenvalue weighted by molar-refractivity contribution is 0.100. The first-order chi connectivity index (χ1) is 13.0. The molecular formula is C23H23N3O. The molecule has 0 saturated heterocycles. The standard InChI is InChI=1S/C23H23N3O/c1-4-8-21-20(15-22(26(21)3)17-9-6-5-7-10-17)16(2)25-19-13-11-18(12-14-19)23(24)27/h4-15,25H,1H2,2-3H3,(H2,24,27)/b20-16+,21-8+. The van der Waals surface area contributed by atoms with Crippen molar-refractivity contribution in [3.05, 3.63) is 89.4 Å². The maximum absolute atomic E-state index is 11.2. The molecule has 0 fully saturated rings. The molecule has 3 aromatic rings. The summed E-state index contributed by atoms with van der Waals surface area (Å²) in [5.41, 5.74) is 9.98. The lowest BCUT2D eigenvalue weighted by atomic mass is 10.1. The molecule has 1 aromatic heterocycles. The van der Waals surface area contributed by atoms with Crippen LogP contribution in [0.4, 0.5) is 5.69 Å². The number of nitrogens with one attached hydrogen (secondary N) is 1. The number of benzene rings is 2. The van der Waals surface area contributed by atoms with Crippen molar-refractivity contribution in [1.29, 1.82) is 0 Å². The minimum atomic E-state index is -0.430. The van der Waals surface area contributed by atoms with E-state index in [2.05, 4.69) is 41.7 Å². The third-order valence-electron chi connectivity index (χ3n) is 4.53.